The van der Waals surface area contributed by atoms with Crippen LogP contribution < -0.4 is 10.9 Å². The number of carbonyl (C=O) groups excluding carboxylic acids is 1. The highest BCUT2D eigenvalue weighted by molar-refractivity contribution is 6.35. The van der Waals surface area contributed by atoms with Gasteiger partial charge in [0, 0.05) is 12.3 Å². The Kier molecular flexibility index (Phi) is 3.87. The van der Waals surface area contributed by atoms with E-state index >= 15 is 0 Å². The Morgan fingerprint density at radius 3 is 2.68 bits per heavy atom. The predicted octanol–water partition coefficient (Wildman–Crippen LogP) is 2.64. The molecule has 0 spiro atoms. The fraction of sp³-hybridized carbons (Fsp3) is 0.0833. The first kappa shape index (κ1) is 13.6. The van der Waals surface area contributed by atoms with Crippen LogP contribution in [-0.4, -0.2) is 15.9 Å². The standard InChI is InChI=1S/C12H9Cl2N3O2/c1-6-4-8(13)16-11(14)10(6)17-12(19)7-2-3-9(18)15-5-7/h2-5H,1H3,(H,15,18)(H,17,19). The number of amides is 1. The third kappa shape index (κ3) is 3.13. The van der Waals surface area contributed by atoms with Crippen LogP contribution in [0.3, 0.4) is 0 Å². The van der Waals surface area contributed by atoms with Gasteiger partial charge in [-0.25, -0.2) is 4.98 Å². The van der Waals surface area contributed by atoms with Crippen LogP contribution in [0.15, 0.2) is 29.2 Å². The number of aryl methyl sites for hydroxylation is 1. The lowest BCUT2D eigenvalue weighted by molar-refractivity contribution is 0.102. The largest absolute Gasteiger partial charge is 0.328 e. The fourth-order valence-electron chi connectivity index (χ4n) is 1.48. The molecule has 0 saturated carbocycles. The molecule has 1 amide bonds. The van der Waals surface area contributed by atoms with Gasteiger partial charge in [0.1, 0.15) is 5.15 Å². The SMILES string of the molecule is Cc1cc(Cl)nc(Cl)c1NC(=O)c1ccc(=O)[nH]c1. The monoisotopic (exact) mass is 297 g/mol. The Morgan fingerprint density at radius 1 is 1.37 bits per heavy atom. The van der Waals surface area contributed by atoms with Gasteiger partial charge in [0.2, 0.25) is 5.56 Å². The van der Waals surface area contributed by atoms with Crippen LogP contribution in [-0.2, 0) is 0 Å². The van der Waals surface area contributed by atoms with Crippen molar-refractivity contribution in [3.05, 3.63) is 56.2 Å². The number of aromatic amines is 1. The van der Waals surface area contributed by atoms with Crippen molar-refractivity contribution in [3.63, 3.8) is 0 Å². The summed E-state index contributed by atoms with van der Waals surface area (Å²) in [7, 11) is 0. The van der Waals surface area contributed by atoms with Crippen molar-refractivity contribution in [1.29, 1.82) is 0 Å². The van der Waals surface area contributed by atoms with Crippen LogP contribution in [0.1, 0.15) is 15.9 Å². The number of pyridine rings is 2. The third-order valence-electron chi connectivity index (χ3n) is 2.43. The van der Waals surface area contributed by atoms with Gasteiger partial charge < -0.3 is 10.3 Å². The smallest absolute Gasteiger partial charge is 0.257 e. The summed E-state index contributed by atoms with van der Waals surface area (Å²) in [6, 6.07) is 4.28. The summed E-state index contributed by atoms with van der Waals surface area (Å²) >= 11 is 11.7. The minimum absolute atomic E-state index is 0.114. The maximum atomic E-state index is 12.0. The minimum atomic E-state index is -0.398. The second-order valence-electron chi connectivity index (χ2n) is 3.82. The third-order valence-corrected chi connectivity index (χ3v) is 2.89. The number of nitrogens with one attached hydrogen (secondary N) is 2. The zero-order valence-corrected chi connectivity index (χ0v) is 11.3. The van der Waals surface area contributed by atoms with Crippen LogP contribution >= 0.6 is 23.2 Å². The molecular formula is C12H9Cl2N3O2. The number of hydrogen-bond acceptors (Lipinski definition) is 3. The lowest BCUT2D eigenvalue weighted by Gasteiger charge is -2.10. The number of anilines is 1. The van der Waals surface area contributed by atoms with Crippen LogP contribution in [0.25, 0.3) is 0 Å². The average Bonchev–Trinajstić information content (AvgIpc) is 2.34. The van der Waals surface area contributed by atoms with E-state index in [0.717, 1.165) is 0 Å². The molecule has 0 radical (unpaired) electrons. The molecule has 19 heavy (non-hydrogen) atoms. The molecule has 98 valence electrons. The summed E-state index contributed by atoms with van der Waals surface area (Å²) in [4.78, 5) is 29.1. The summed E-state index contributed by atoms with van der Waals surface area (Å²) in [5.41, 5.74) is 1.12. The first-order valence-corrected chi connectivity index (χ1v) is 6.05. The highest BCUT2D eigenvalue weighted by Crippen LogP contribution is 2.26. The van der Waals surface area contributed by atoms with Crippen molar-refractivity contribution >= 4 is 34.8 Å². The first-order valence-electron chi connectivity index (χ1n) is 5.30. The van der Waals surface area contributed by atoms with Crippen LogP contribution in [0, 0.1) is 6.92 Å². The summed E-state index contributed by atoms with van der Waals surface area (Å²) < 4.78 is 0. The van der Waals surface area contributed by atoms with Crippen molar-refractivity contribution in [1.82, 2.24) is 9.97 Å². The molecule has 0 atom stereocenters. The highest BCUT2D eigenvalue weighted by atomic mass is 35.5. The molecule has 7 heteroatoms. The zero-order chi connectivity index (χ0) is 14.0. The lowest BCUT2D eigenvalue weighted by atomic mass is 10.2. The molecule has 0 unspecified atom stereocenters. The summed E-state index contributed by atoms with van der Waals surface area (Å²) in [6.07, 6.45) is 1.32. The highest BCUT2D eigenvalue weighted by Gasteiger charge is 2.12. The fourth-order valence-corrected chi connectivity index (χ4v) is 2.06. The van der Waals surface area contributed by atoms with Gasteiger partial charge in [0.15, 0.2) is 5.15 Å². The molecule has 0 aliphatic heterocycles. The molecule has 0 aliphatic carbocycles. The van der Waals surface area contributed by atoms with E-state index in [1.165, 1.54) is 18.3 Å². The van der Waals surface area contributed by atoms with E-state index in [1.54, 1.807) is 13.0 Å². The van der Waals surface area contributed by atoms with E-state index in [-0.39, 0.29) is 15.9 Å². The zero-order valence-electron chi connectivity index (χ0n) is 9.83. The average molecular weight is 298 g/mol. The quantitative estimate of drug-likeness (QED) is 0.837. The van der Waals surface area contributed by atoms with Gasteiger partial charge in [-0.1, -0.05) is 23.2 Å². The van der Waals surface area contributed by atoms with Crippen molar-refractivity contribution < 1.29 is 4.79 Å². The Bertz CT molecular complexity index is 654. The molecule has 2 aromatic heterocycles. The summed E-state index contributed by atoms with van der Waals surface area (Å²) in [5.74, 6) is -0.398. The molecule has 0 aromatic carbocycles. The molecule has 0 aliphatic rings. The number of hydrogen-bond donors (Lipinski definition) is 2. The summed E-state index contributed by atoms with van der Waals surface area (Å²) in [6.45, 7) is 1.75. The van der Waals surface area contributed by atoms with Crippen LogP contribution in [0.5, 0.6) is 0 Å². The van der Waals surface area contributed by atoms with Gasteiger partial charge in [-0.05, 0) is 24.6 Å². The van der Waals surface area contributed by atoms with Crippen molar-refractivity contribution in [2.45, 2.75) is 6.92 Å². The van der Waals surface area contributed by atoms with E-state index in [0.29, 0.717) is 16.8 Å². The number of carbonyl (C=O) groups is 1. The van der Waals surface area contributed by atoms with Gasteiger partial charge >= 0.3 is 0 Å². The Balaban J connectivity index is 2.29. The maximum absolute atomic E-state index is 12.0. The number of H-pyrrole nitrogens is 1. The number of rotatable bonds is 2. The van der Waals surface area contributed by atoms with Gasteiger partial charge in [-0.3, -0.25) is 9.59 Å². The molecular weight excluding hydrogens is 289 g/mol. The molecule has 0 fully saturated rings. The molecule has 2 N–H and O–H groups in total. The van der Waals surface area contributed by atoms with Crippen molar-refractivity contribution in [2.24, 2.45) is 0 Å². The van der Waals surface area contributed by atoms with Crippen LogP contribution in [0.4, 0.5) is 5.69 Å². The van der Waals surface area contributed by atoms with E-state index in [4.69, 9.17) is 23.2 Å². The Hall–Kier alpha value is -1.85. The van der Waals surface area contributed by atoms with Gasteiger partial charge in [-0.15, -0.1) is 0 Å². The van der Waals surface area contributed by atoms with Crippen molar-refractivity contribution in [3.8, 4) is 0 Å². The Morgan fingerprint density at radius 2 is 2.11 bits per heavy atom. The molecule has 0 bridgehead atoms. The molecule has 2 heterocycles. The molecule has 5 nitrogen and oxygen atoms in total. The van der Waals surface area contributed by atoms with E-state index in [2.05, 4.69) is 15.3 Å². The maximum Gasteiger partial charge on any atom is 0.257 e. The second kappa shape index (κ2) is 5.42. The number of aromatic nitrogens is 2. The molecule has 2 aromatic rings. The van der Waals surface area contributed by atoms with Gasteiger partial charge in [0.25, 0.3) is 5.91 Å². The van der Waals surface area contributed by atoms with Gasteiger partial charge in [0.05, 0.1) is 11.3 Å². The van der Waals surface area contributed by atoms with Crippen LogP contribution in [0.2, 0.25) is 10.3 Å². The topological polar surface area (TPSA) is 74.8 Å². The Labute approximate surface area is 118 Å². The van der Waals surface area contributed by atoms with E-state index in [9.17, 15) is 9.59 Å². The van der Waals surface area contributed by atoms with Crippen molar-refractivity contribution in [2.75, 3.05) is 5.32 Å². The molecule has 0 saturated heterocycles. The van der Waals surface area contributed by atoms with Gasteiger partial charge in [-0.2, -0.15) is 0 Å². The second-order valence-corrected chi connectivity index (χ2v) is 4.57. The lowest BCUT2D eigenvalue weighted by Crippen LogP contribution is -2.15. The first-order chi connectivity index (χ1) is 8.97. The normalized spacial score (nSPS) is 10.3. The molecule has 2 rings (SSSR count). The van der Waals surface area contributed by atoms with E-state index < -0.39 is 5.91 Å². The summed E-state index contributed by atoms with van der Waals surface area (Å²) in [5, 5.41) is 3.00. The number of nitrogens with zero attached hydrogens (tertiary/aromatic N) is 1. The predicted molar refractivity (Wildman–Crippen MR) is 74.0 cm³/mol. The minimum Gasteiger partial charge on any atom is -0.328 e. The van der Waals surface area contributed by atoms with E-state index in [1.807, 2.05) is 0 Å². The number of halogens is 2.